The summed E-state index contributed by atoms with van der Waals surface area (Å²) in [5.41, 5.74) is 5.17. The van der Waals surface area contributed by atoms with Crippen LogP contribution < -0.4 is 53.6 Å². The van der Waals surface area contributed by atoms with Gasteiger partial charge >= 0.3 is 17.9 Å². The van der Waals surface area contributed by atoms with Gasteiger partial charge in [-0.3, -0.25) is 62.3 Å². The normalized spacial score (nSPS) is 29.6. The second kappa shape index (κ2) is 52.7. The van der Waals surface area contributed by atoms with Crippen molar-refractivity contribution in [3.63, 3.8) is 0 Å². The number of unbranched alkanes of at least 4 members (excludes halogenated alkanes) is 9. The van der Waals surface area contributed by atoms with E-state index in [2.05, 4.69) is 54.8 Å². The number of esters is 3. The number of aliphatic hydroxyl groups excluding tert-OH is 10. The van der Waals surface area contributed by atoms with Gasteiger partial charge in [0.15, 0.2) is 37.2 Å². The SMILES string of the molecule is CC=C1NC(=O)C(Cc2ccc(O)cc2)NC(=O)C(C(C)O)NC(=O)C(NC(=O)C(NC(=O)C(O)C(CCCCCCCCCCCC)OC2OCC(O)C(OC3OC(CO)C(O)C(O)C3NC(C)=O)C2O)C(C)O)C(C)OC(=O)C(Cc2ccc(O)cc2)NC(=O)C(C(C)OC2OC(CO)C(O)C(OC(C)=O)C2OC(C)=O)N(C)C(=O)CNC(=O)C(CCC(N)=O)NC1=O. The fourth-order valence-electron chi connectivity index (χ4n) is 14.8. The number of cyclic esters (lactones) is 1. The molecule has 2 aromatic rings. The predicted octanol–water partition coefficient (Wildman–Crippen LogP) is -6.46. The number of nitrogens with zero attached hydrogens (tertiary/aromatic N) is 1. The highest BCUT2D eigenvalue weighted by atomic mass is 16.7. The number of rotatable bonds is 37. The Morgan fingerprint density at radius 2 is 1.18 bits per heavy atom. The number of hydrogen-bond acceptors (Lipinski definition) is 35. The standard InChI is InChI=1S/C84H127N11O35/c1-11-13-14-15-16-17-18-19-20-21-22-55(127-83-69(112)70(54(105)38-122-83)130-82-63(87-43(7)100)68(111)65(108)56(36-96)128-82)67(110)80(120)93-61(40(4)99)77(117)94-62-41(5)123-81(121)53(34-47-25-29-49(104)30-26-47)91-79(119)64(42(6)124-84-72(126-45(9)102)71(125-44(8)101)66(109)57(37-97)129-84)95(10)59(107)35-86-73(113)51(31-32-58(85)106)89-74(114)50(12-2)88-75(115)52(33-46-23-27-48(103)28-24-46)90-76(116)60(39(3)98)92-78(62)118/h12,23-30,39-42,51-57,60-72,82-84,96-99,103-105,108-112H,11,13-22,31-38H2,1-10H3,(H2,85,106)(H,86,113)(H,87,100)(H,88,115)(H,89,114)(H,90,116)(H,91,119)(H,92,118)(H,93,120)(H,94,117). The van der Waals surface area contributed by atoms with Gasteiger partial charge in [-0.1, -0.05) is 101 Å². The Kier molecular flexibility index (Phi) is 44.0. The maximum Gasteiger partial charge on any atom is 0.329 e. The van der Waals surface area contributed by atoms with Crippen LogP contribution in [0.3, 0.4) is 0 Å². The lowest BCUT2D eigenvalue weighted by Gasteiger charge is -2.46. The van der Waals surface area contributed by atoms with Crippen molar-refractivity contribution in [2.75, 3.05) is 33.4 Å². The van der Waals surface area contributed by atoms with E-state index >= 15 is 19.2 Å². The number of carbonyl (C=O) groups is 14. The van der Waals surface area contributed by atoms with Crippen molar-refractivity contribution < 1.29 is 171 Å². The fraction of sp³-hybridized carbons (Fsp3) is 0.667. The molecule has 0 aliphatic carbocycles. The molecule has 0 radical (unpaired) electrons. The van der Waals surface area contributed by atoms with Crippen molar-refractivity contribution in [2.45, 2.75) is 323 Å². The Morgan fingerprint density at radius 3 is 1.72 bits per heavy atom. The van der Waals surface area contributed by atoms with Crippen LogP contribution in [0.1, 0.15) is 157 Å². The average molecular weight is 1850 g/mol. The highest BCUT2D eigenvalue weighted by Gasteiger charge is 2.54. The number of hydrogen-bond donors (Lipinski definition) is 22. The predicted molar refractivity (Wildman–Crippen MR) is 447 cm³/mol. The molecule has 4 heterocycles. The molecule has 0 spiro atoms. The van der Waals surface area contributed by atoms with E-state index in [4.69, 9.17) is 48.4 Å². The summed E-state index contributed by atoms with van der Waals surface area (Å²) < 4.78 is 52.4. The molecule has 4 saturated heterocycles. The molecular weight excluding hydrogens is 1720 g/mol. The van der Waals surface area contributed by atoms with E-state index in [0.717, 1.165) is 119 Å². The lowest BCUT2D eigenvalue weighted by Crippen LogP contribution is -2.67. The van der Waals surface area contributed by atoms with Gasteiger partial charge in [0.1, 0.15) is 120 Å². The van der Waals surface area contributed by atoms with E-state index < -0.39 is 306 Å². The molecule has 130 heavy (non-hydrogen) atoms. The third-order valence-corrected chi connectivity index (χ3v) is 22.0. The van der Waals surface area contributed by atoms with Crippen molar-refractivity contribution in [2.24, 2.45) is 5.73 Å². The summed E-state index contributed by atoms with van der Waals surface area (Å²) in [6.07, 6.45) is -29.6. The monoisotopic (exact) mass is 1850 g/mol. The maximum atomic E-state index is 15.6. The zero-order valence-corrected chi connectivity index (χ0v) is 74.0. The number of phenols is 2. The molecule has 6 rings (SSSR count). The smallest absolute Gasteiger partial charge is 0.329 e. The molecule has 4 aliphatic rings. The fourth-order valence-corrected chi connectivity index (χ4v) is 14.8. The number of amides is 11. The summed E-state index contributed by atoms with van der Waals surface area (Å²) in [7, 11) is 0.979. The second-order valence-electron chi connectivity index (χ2n) is 32.4. The lowest BCUT2D eigenvalue weighted by molar-refractivity contribution is -0.339. The topological polar surface area (TPSA) is 702 Å². The van der Waals surface area contributed by atoms with Crippen LogP contribution in [0.4, 0.5) is 0 Å². The van der Waals surface area contributed by atoms with E-state index in [1.54, 1.807) is 0 Å². The Morgan fingerprint density at radius 1 is 0.623 bits per heavy atom. The zero-order valence-electron chi connectivity index (χ0n) is 74.0. The second-order valence-corrected chi connectivity index (χ2v) is 32.4. The first kappa shape index (κ1) is 108. The maximum absolute atomic E-state index is 15.6. The number of allylic oxidation sites excluding steroid dienone is 1. The number of nitrogens with one attached hydrogen (secondary N) is 9. The Bertz CT molecular complexity index is 4130. The summed E-state index contributed by atoms with van der Waals surface area (Å²) in [5, 5.41) is 153. The van der Waals surface area contributed by atoms with Crippen LogP contribution in [0, 0.1) is 0 Å². The van der Waals surface area contributed by atoms with Crippen LogP contribution >= 0.6 is 0 Å². The molecule has 0 aromatic heterocycles. The zero-order chi connectivity index (χ0) is 96.7. The van der Waals surface area contributed by atoms with Gasteiger partial charge in [0.05, 0.1) is 50.8 Å². The largest absolute Gasteiger partial charge is 0.508 e. The van der Waals surface area contributed by atoms with Crippen LogP contribution in [0.15, 0.2) is 60.3 Å². The number of likely N-dealkylation sites (N-methyl/N-ethyl adjacent to an activating group) is 1. The van der Waals surface area contributed by atoms with Crippen LogP contribution in [-0.2, 0) is 123 Å². The lowest BCUT2D eigenvalue weighted by atomic mass is 9.96. The van der Waals surface area contributed by atoms with Gasteiger partial charge in [0, 0.05) is 47.1 Å². The Labute approximate surface area is 749 Å². The number of primary amides is 1. The molecule has 23 N–H and O–H groups in total. The van der Waals surface area contributed by atoms with E-state index in [1.807, 2.05) is 0 Å². The molecule has 46 heteroatoms. The minimum absolute atomic E-state index is 0.109. The Balaban J connectivity index is 1.47. The van der Waals surface area contributed by atoms with Crippen molar-refractivity contribution in [1.82, 2.24) is 52.8 Å². The first-order valence-corrected chi connectivity index (χ1v) is 43.0. The van der Waals surface area contributed by atoms with Crippen LogP contribution in [0.5, 0.6) is 11.5 Å². The van der Waals surface area contributed by atoms with E-state index in [9.17, 15) is 109 Å². The summed E-state index contributed by atoms with van der Waals surface area (Å²) in [6, 6.07) is -6.51. The van der Waals surface area contributed by atoms with Gasteiger partial charge < -0.3 is 162 Å². The molecule has 0 saturated carbocycles. The molecule has 0 bridgehead atoms. The molecule has 4 fully saturated rings. The first-order valence-electron chi connectivity index (χ1n) is 43.0. The summed E-state index contributed by atoms with van der Waals surface area (Å²) in [5.74, 6) is -18.3. The molecule has 4 aliphatic heterocycles. The number of phenolic OH excluding ortho intramolecular Hbond substituents is 2. The number of aliphatic hydroxyl groups is 10. The van der Waals surface area contributed by atoms with Gasteiger partial charge in [-0.25, -0.2) is 4.79 Å². The van der Waals surface area contributed by atoms with Crippen LogP contribution in [-0.4, -0.2) is 347 Å². The van der Waals surface area contributed by atoms with Crippen LogP contribution in [0.2, 0.25) is 0 Å². The van der Waals surface area contributed by atoms with Gasteiger partial charge in [-0.15, -0.1) is 0 Å². The highest BCUT2D eigenvalue weighted by Crippen LogP contribution is 2.32. The number of carbonyl (C=O) groups excluding carboxylic acids is 14. The summed E-state index contributed by atoms with van der Waals surface area (Å²) in [6.45, 7) is 6.56. The molecular formula is C84H127N11O35. The third-order valence-electron chi connectivity index (χ3n) is 22.0. The molecule has 46 nitrogen and oxygen atoms in total. The molecule has 728 valence electrons. The molecule has 11 amide bonds. The van der Waals surface area contributed by atoms with E-state index in [0.29, 0.717) is 17.7 Å². The number of benzene rings is 2. The van der Waals surface area contributed by atoms with Crippen molar-refractivity contribution in [1.29, 1.82) is 0 Å². The Hall–Kier alpha value is -10.3. The quantitative estimate of drug-likeness (QED) is 0.0129. The van der Waals surface area contributed by atoms with Gasteiger partial charge in [-0.05, 0) is 82.9 Å². The first-order chi connectivity index (χ1) is 61.4. The highest BCUT2D eigenvalue weighted by molar-refractivity contribution is 6.03. The average Bonchev–Trinajstić information content (AvgIpc) is 0.788. The number of nitrogens with two attached hydrogens (primary N) is 1. The van der Waals surface area contributed by atoms with Crippen molar-refractivity contribution in [3.8, 4) is 11.5 Å². The molecule has 2 aromatic carbocycles. The molecule has 27 atom stereocenters. The van der Waals surface area contributed by atoms with Gasteiger partial charge in [0.25, 0.3) is 11.8 Å². The molecule has 27 unspecified atom stereocenters. The summed E-state index contributed by atoms with van der Waals surface area (Å²) in [4.78, 5) is 200. The van der Waals surface area contributed by atoms with Crippen molar-refractivity contribution in [3.05, 3.63) is 71.4 Å². The number of ether oxygens (including phenoxy) is 9. The minimum Gasteiger partial charge on any atom is -0.508 e. The van der Waals surface area contributed by atoms with Gasteiger partial charge in [-0.2, -0.15) is 0 Å². The van der Waals surface area contributed by atoms with Gasteiger partial charge in [0.2, 0.25) is 53.2 Å². The van der Waals surface area contributed by atoms with E-state index in [1.165, 1.54) is 43.3 Å². The van der Waals surface area contributed by atoms with Crippen LogP contribution in [0.25, 0.3) is 0 Å². The third kappa shape index (κ3) is 32.3. The number of aromatic hydroxyl groups is 2. The van der Waals surface area contributed by atoms with E-state index in [-0.39, 0.29) is 35.5 Å². The minimum atomic E-state index is -2.44. The van der Waals surface area contributed by atoms with Crippen molar-refractivity contribution >= 4 is 82.9 Å². The summed E-state index contributed by atoms with van der Waals surface area (Å²) >= 11 is 0.